The molecular formula is C9H16O2. The van der Waals surface area contributed by atoms with Crippen LogP contribution in [0.4, 0.5) is 0 Å². The molecule has 1 aliphatic rings. The molecule has 1 aliphatic carbocycles. The molecule has 0 bridgehead atoms. The number of hydrogen-bond acceptors (Lipinski definition) is 2. The van der Waals surface area contributed by atoms with Gasteiger partial charge in [-0.1, -0.05) is 19.9 Å². The molecule has 0 aromatic heterocycles. The summed E-state index contributed by atoms with van der Waals surface area (Å²) in [5.74, 6) is -0.0255. The van der Waals surface area contributed by atoms with Gasteiger partial charge in [-0.15, -0.1) is 0 Å². The standard InChI is InChI=1S/C9H16O2/c1-6-4-9(2,3)7(5-10)8(6)11/h4,7-8,10-11H,5H2,1-3H3/t7-,8-/m0/s1. The molecule has 0 radical (unpaired) electrons. The molecule has 0 fully saturated rings. The second-order valence-electron chi connectivity index (χ2n) is 3.94. The van der Waals surface area contributed by atoms with Gasteiger partial charge in [-0.25, -0.2) is 0 Å². The summed E-state index contributed by atoms with van der Waals surface area (Å²) in [6, 6.07) is 0. The molecule has 1 rings (SSSR count). The first-order valence-electron chi connectivity index (χ1n) is 3.97. The third-order valence-corrected chi connectivity index (χ3v) is 2.60. The molecule has 0 aromatic rings. The van der Waals surface area contributed by atoms with Gasteiger partial charge in [0.2, 0.25) is 0 Å². The Kier molecular flexibility index (Phi) is 2.08. The monoisotopic (exact) mass is 156 g/mol. The van der Waals surface area contributed by atoms with Crippen molar-refractivity contribution in [2.75, 3.05) is 6.61 Å². The Hall–Kier alpha value is -0.340. The van der Waals surface area contributed by atoms with E-state index >= 15 is 0 Å². The lowest BCUT2D eigenvalue weighted by Gasteiger charge is -2.26. The van der Waals surface area contributed by atoms with E-state index in [0.29, 0.717) is 0 Å². The zero-order chi connectivity index (χ0) is 8.65. The van der Waals surface area contributed by atoms with Crippen molar-refractivity contribution < 1.29 is 10.2 Å². The number of hydrogen-bond donors (Lipinski definition) is 2. The van der Waals surface area contributed by atoms with Crippen LogP contribution in [0, 0.1) is 11.3 Å². The lowest BCUT2D eigenvalue weighted by atomic mass is 9.82. The smallest absolute Gasteiger partial charge is 0.0805 e. The molecule has 2 N–H and O–H groups in total. The number of aliphatic hydroxyl groups excluding tert-OH is 2. The zero-order valence-corrected chi connectivity index (χ0v) is 7.33. The third-order valence-electron chi connectivity index (χ3n) is 2.60. The number of allylic oxidation sites excluding steroid dienone is 1. The molecule has 2 nitrogen and oxygen atoms in total. The molecule has 64 valence electrons. The van der Waals surface area contributed by atoms with Gasteiger partial charge < -0.3 is 10.2 Å². The predicted molar refractivity (Wildman–Crippen MR) is 44.1 cm³/mol. The summed E-state index contributed by atoms with van der Waals surface area (Å²) in [6.07, 6.45) is 1.59. The van der Waals surface area contributed by atoms with Crippen LogP contribution in [0.25, 0.3) is 0 Å². The highest BCUT2D eigenvalue weighted by Gasteiger charge is 2.39. The van der Waals surface area contributed by atoms with E-state index in [2.05, 4.69) is 0 Å². The topological polar surface area (TPSA) is 40.5 Å². The van der Waals surface area contributed by atoms with Crippen LogP contribution < -0.4 is 0 Å². The van der Waals surface area contributed by atoms with Gasteiger partial charge in [-0.2, -0.15) is 0 Å². The maximum atomic E-state index is 9.56. The molecule has 0 heterocycles. The lowest BCUT2D eigenvalue weighted by molar-refractivity contribution is 0.0562. The van der Waals surface area contributed by atoms with Gasteiger partial charge in [0.25, 0.3) is 0 Å². The molecule has 11 heavy (non-hydrogen) atoms. The molecule has 0 saturated heterocycles. The minimum absolute atomic E-state index is 0.0255. The summed E-state index contributed by atoms with van der Waals surface area (Å²) in [4.78, 5) is 0. The van der Waals surface area contributed by atoms with Crippen LogP contribution in [-0.4, -0.2) is 22.9 Å². The van der Waals surface area contributed by atoms with Gasteiger partial charge in [0, 0.05) is 12.5 Å². The van der Waals surface area contributed by atoms with Gasteiger partial charge in [-0.05, 0) is 17.9 Å². The summed E-state index contributed by atoms with van der Waals surface area (Å²) in [7, 11) is 0. The van der Waals surface area contributed by atoms with Crippen molar-refractivity contribution in [1.29, 1.82) is 0 Å². The van der Waals surface area contributed by atoms with Crippen molar-refractivity contribution in [3.63, 3.8) is 0 Å². The lowest BCUT2D eigenvalue weighted by Crippen LogP contribution is -2.30. The third kappa shape index (κ3) is 1.33. The summed E-state index contributed by atoms with van der Waals surface area (Å²) in [5, 5.41) is 18.6. The average molecular weight is 156 g/mol. The van der Waals surface area contributed by atoms with E-state index in [4.69, 9.17) is 5.11 Å². The highest BCUT2D eigenvalue weighted by atomic mass is 16.3. The minimum Gasteiger partial charge on any atom is -0.396 e. The fourth-order valence-electron chi connectivity index (χ4n) is 1.84. The van der Waals surface area contributed by atoms with Crippen LogP contribution in [0.2, 0.25) is 0 Å². The molecule has 0 aromatic carbocycles. The van der Waals surface area contributed by atoms with Crippen molar-refractivity contribution in [2.45, 2.75) is 26.9 Å². The Morgan fingerprint density at radius 1 is 1.55 bits per heavy atom. The second kappa shape index (κ2) is 2.61. The summed E-state index contributed by atoms with van der Waals surface area (Å²) < 4.78 is 0. The van der Waals surface area contributed by atoms with E-state index in [-0.39, 0.29) is 17.9 Å². The minimum atomic E-state index is -0.449. The van der Waals surface area contributed by atoms with E-state index in [1.54, 1.807) is 0 Å². The van der Waals surface area contributed by atoms with Gasteiger partial charge in [0.15, 0.2) is 0 Å². The first-order valence-corrected chi connectivity index (χ1v) is 3.97. The highest BCUT2D eigenvalue weighted by Crippen LogP contribution is 2.40. The first kappa shape index (κ1) is 8.75. The van der Waals surface area contributed by atoms with E-state index in [9.17, 15) is 5.11 Å². The summed E-state index contributed by atoms with van der Waals surface area (Å²) in [5.41, 5.74) is 0.923. The van der Waals surface area contributed by atoms with E-state index < -0.39 is 6.10 Å². The SMILES string of the molecule is CC1=CC(C)(C)[C@@H](CO)[C@H]1O. The van der Waals surface area contributed by atoms with Gasteiger partial charge >= 0.3 is 0 Å². The van der Waals surface area contributed by atoms with Crippen LogP contribution in [-0.2, 0) is 0 Å². The quantitative estimate of drug-likeness (QED) is 0.555. The fourth-order valence-corrected chi connectivity index (χ4v) is 1.84. The fraction of sp³-hybridized carbons (Fsp3) is 0.778. The molecule has 0 amide bonds. The van der Waals surface area contributed by atoms with E-state index in [0.717, 1.165) is 5.57 Å². The van der Waals surface area contributed by atoms with Crippen molar-refractivity contribution in [3.05, 3.63) is 11.6 Å². The maximum absolute atomic E-state index is 9.56. The van der Waals surface area contributed by atoms with Gasteiger partial charge in [-0.3, -0.25) is 0 Å². The summed E-state index contributed by atoms with van der Waals surface area (Å²) >= 11 is 0. The Morgan fingerprint density at radius 2 is 2.09 bits per heavy atom. The van der Waals surface area contributed by atoms with Crippen molar-refractivity contribution in [3.8, 4) is 0 Å². The van der Waals surface area contributed by atoms with Crippen molar-refractivity contribution in [2.24, 2.45) is 11.3 Å². The number of rotatable bonds is 1. The maximum Gasteiger partial charge on any atom is 0.0805 e. The Balaban J connectivity index is 2.85. The molecule has 0 saturated carbocycles. The highest BCUT2D eigenvalue weighted by molar-refractivity contribution is 5.21. The molecule has 0 aliphatic heterocycles. The van der Waals surface area contributed by atoms with Crippen LogP contribution in [0.15, 0.2) is 11.6 Å². The molecule has 0 unspecified atom stereocenters. The van der Waals surface area contributed by atoms with Crippen LogP contribution in [0.3, 0.4) is 0 Å². The largest absolute Gasteiger partial charge is 0.396 e. The second-order valence-corrected chi connectivity index (χ2v) is 3.94. The molecule has 2 atom stereocenters. The van der Waals surface area contributed by atoms with Gasteiger partial charge in [0.05, 0.1) is 6.10 Å². The predicted octanol–water partition coefficient (Wildman–Crippen LogP) is 0.942. The molecular weight excluding hydrogens is 140 g/mol. The first-order chi connectivity index (χ1) is 4.99. The Morgan fingerprint density at radius 3 is 2.27 bits per heavy atom. The van der Waals surface area contributed by atoms with Gasteiger partial charge in [0.1, 0.15) is 0 Å². The molecule has 0 spiro atoms. The van der Waals surface area contributed by atoms with Crippen LogP contribution in [0.1, 0.15) is 20.8 Å². The summed E-state index contributed by atoms with van der Waals surface area (Å²) in [6.45, 7) is 6.03. The van der Waals surface area contributed by atoms with Crippen molar-refractivity contribution >= 4 is 0 Å². The van der Waals surface area contributed by atoms with Crippen LogP contribution in [0.5, 0.6) is 0 Å². The van der Waals surface area contributed by atoms with Crippen LogP contribution >= 0.6 is 0 Å². The normalized spacial score (nSPS) is 35.5. The Bertz CT molecular complexity index is 182. The van der Waals surface area contributed by atoms with E-state index in [1.165, 1.54) is 0 Å². The average Bonchev–Trinajstić information content (AvgIpc) is 2.03. The zero-order valence-electron chi connectivity index (χ0n) is 7.33. The molecule has 2 heteroatoms. The Labute approximate surface area is 67.6 Å². The van der Waals surface area contributed by atoms with E-state index in [1.807, 2.05) is 26.8 Å². The number of aliphatic hydroxyl groups is 2. The van der Waals surface area contributed by atoms with Crippen molar-refractivity contribution in [1.82, 2.24) is 0 Å².